The van der Waals surface area contributed by atoms with Crippen LogP contribution in [0.5, 0.6) is 0 Å². The molecule has 0 bridgehead atoms. The van der Waals surface area contributed by atoms with Crippen molar-refractivity contribution in [1.29, 1.82) is 0 Å². The quantitative estimate of drug-likeness (QED) is 0.333. The molecular weight excluding hydrogens is 446 g/mol. The lowest BCUT2D eigenvalue weighted by molar-refractivity contribution is -0.384. The molecule has 1 aromatic heterocycles. The number of anilines is 2. The van der Waals surface area contributed by atoms with E-state index in [1.54, 1.807) is 30.3 Å². The molecule has 4 rings (SSSR count). The van der Waals surface area contributed by atoms with Gasteiger partial charge in [-0.25, -0.2) is 4.98 Å². The molecular formula is C19H16ClN5O3S2. The summed E-state index contributed by atoms with van der Waals surface area (Å²) in [6.07, 6.45) is 1.99. The Labute approximate surface area is 186 Å². The third-order valence-electron chi connectivity index (χ3n) is 4.68. The van der Waals surface area contributed by atoms with Crippen LogP contribution in [0.15, 0.2) is 36.4 Å². The summed E-state index contributed by atoms with van der Waals surface area (Å²) in [6, 6.07) is 9.80. The lowest BCUT2D eigenvalue weighted by Crippen LogP contribution is -2.34. The SMILES string of the molecule is O=C(NC(=S)Nc1nc2ccc(Cl)cc2s1)c1ccc(N2CCCC2)c([N+](=O)[O-])c1. The van der Waals surface area contributed by atoms with E-state index in [-0.39, 0.29) is 16.4 Å². The molecule has 2 heterocycles. The van der Waals surface area contributed by atoms with Gasteiger partial charge in [0.15, 0.2) is 10.2 Å². The number of thiazole rings is 1. The topological polar surface area (TPSA) is 100 Å². The van der Waals surface area contributed by atoms with Crippen LogP contribution in [0.25, 0.3) is 10.2 Å². The van der Waals surface area contributed by atoms with Gasteiger partial charge in [0.2, 0.25) is 0 Å². The molecule has 3 aromatic rings. The Morgan fingerprint density at radius 1 is 1.23 bits per heavy atom. The van der Waals surface area contributed by atoms with Crippen LogP contribution in [0.2, 0.25) is 5.02 Å². The highest BCUT2D eigenvalue weighted by Crippen LogP contribution is 2.32. The largest absolute Gasteiger partial charge is 0.366 e. The zero-order chi connectivity index (χ0) is 21.3. The molecule has 0 radical (unpaired) electrons. The van der Waals surface area contributed by atoms with Gasteiger partial charge in [-0.2, -0.15) is 0 Å². The lowest BCUT2D eigenvalue weighted by atomic mass is 10.1. The van der Waals surface area contributed by atoms with E-state index in [1.165, 1.54) is 17.4 Å². The molecule has 11 heteroatoms. The molecule has 0 aliphatic carbocycles. The Hall–Kier alpha value is -2.82. The summed E-state index contributed by atoms with van der Waals surface area (Å²) in [5.41, 5.74) is 1.35. The molecule has 2 aromatic carbocycles. The minimum absolute atomic E-state index is 0.0522. The summed E-state index contributed by atoms with van der Waals surface area (Å²) in [5.74, 6) is -0.535. The number of nitro groups is 1. The van der Waals surface area contributed by atoms with Crippen LogP contribution in [-0.4, -0.2) is 34.0 Å². The molecule has 1 saturated heterocycles. The third-order valence-corrected chi connectivity index (χ3v) is 6.05. The summed E-state index contributed by atoms with van der Waals surface area (Å²) in [7, 11) is 0. The number of aromatic nitrogens is 1. The normalized spacial score (nSPS) is 13.4. The number of hydrogen-bond acceptors (Lipinski definition) is 7. The van der Waals surface area contributed by atoms with Crippen LogP contribution >= 0.6 is 35.2 Å². The first-order valence-corrected chi connectivity index (χ1v) is 10.7. The highest BCUT2D eigenvalue weighted by Gasteiger charge is 2.24. The number of carbonyl (C=O) groups excluding carboxylic acids is 1. The number of nitrogens with zero attached hydrogens (tertiary/aromatic N) is 3. The van der Waals surface area contributed by atoms with Crippen molar-refractivity contribution in [3.05, 3.63) is 57.1 Å². The van der Waals surface area contributed by atoms with E-state index >= 15 is 0 Å². The van der Waals surface area contributed by atoms with Crippen LogP contribution in [0, 0.1) is 10.1 Å². The van der Waals surface area contributed by atoms with Gasteiger partial charge in [0, 0.05) is 29.7 Å². The second-order valence-corrected chi connectivity index (χ2v) is 8.57. The molecule has 1 aliphatic heterocycles. The summed E-state index contributed by atoms with van der Waals surface area (Å²) in [6.45, 7) is 1.54. The molecule has 2 N–H and O–H groups in total. The number of nitrogens with one attached hydrogen (secondary N) is 2. The van der Waals surface area contributed by atoms with Crippen molar-refractivity contribution in [3.63, 3.8) is 0 Å². The molecule has 1 fully saturated rings. The van der Waals surface area contributed by atoms with Gasteiger partial charge in [0.1, 0.15) is 5.69 Å². The van der Waals surface area contributed by atoms with Gasteiger partial charge in [-0.1, -0.05) is 22.9 Å². The van der Waals surface area contributed by atoms with E-state index in [1.807, 2.05) is 4.90 Å². The average molecular weight is 462 g/mol. The fourth-order valence-electron chi connectivity index (χ4n) is 3.29. The van der Waals surface area contributed by atoms with Gasteiger partial charge in [0.25, 0.3) is 11.6 Å². The Bertz CT molecular complexity index is 1160. The zero-order valence-electron chi connectivity index (χ0n) is 15.6. The highest BCUT2D eigenvalue weighted by molar-refractivity contribution is 7.80. The van der Waals surface area contributed by atoms with Crippen molar-refractivity contribution in [2.45, 2.75) is 12.8 Å². The van der Waals surface area contributed by atoms with E-state index < -0.39 is 10.8 Å². The monoisotopic (exact) mass is 461 g/mol. The van der Waals surface area contributed by atoms with Crippen molar-refractivity contribution in [1.82, 2.24) is 10.3 Å². The van der Waals surface area contributed by atoms with Gasteiger partial charge in [-0.15, -0.1) is 0 Å². The van der Waals surface area contributed by atoms with Crippen molar-refractivity contribution >= 4 is 72.9 Å². The maximum absolute atomic E-state index is 12.6. The highest BCUT2D eigenvalue weighted by atomic mass is 35.5. The Balaban J connectivity index is 1.47. The predicted octanol–water partition coefficient (Wildman–Crippen LogP) is 4.58. The number of thiocarbonyl (C=S) groups is 1. The first kappa shape index (κ1) is 20.5. The maximum atomic E-state index is 12.6. The van der Waals surface area contributed by atoms with Crippen LogP contribution in [-0.2, 0) is 0 Å². The third kappa shape index (κ3) is 4.35. The standard InChI is InChI=1S/C19H16ClN5O3S2/c20-12-4-5-13-16(10-12)30-19(21-13)23-18(29)22-17(26)11-3-6-14(15(9-11)25(27)28)24-7-1-2-8-24/h3-6,9-10H,1-2,7-8H2,(H2,21,22,23,26,29). The number of hydrogen-bond donors (Lipinski definition) is 2. The van der Waals surface area contributed by atoms with Crippen molar-refractivity contribution in [3.8, 4) is 0 Å². The molecule has 154 valence electrons. The number of amides is 1. The van der Waals surface area contributed by atoms with Gasteiger partial charge in [-0.05, 0) is 55.4 Å². The smallest absolute Gasteiger partial charge is 0.293 e. The van der Waals surface area contributed by atoms with Crippen molar-refractivity contribution in [2.75, 3.05) is 23.3 Å². The molecule has 0 saturated carbocycles. The van der Waals surface area contributed by atoms with Crippen molar-refractivity contribution < 1.29 is 9.72 Å². The summed E-state index contributed by atoms with van der Waals surface area (Å²) in [5, 5.41) is 18.1. The second kappa shape index (κ2) is 8.50. The molecule has 0 spiro atoms. The first-order valence-electron chi connectivity index (χ1n) is 9.12. The second-order valence-electron chi connectivity index (χ2n) is 6.69. The maximum Gasteiger partial charge on any atom is 0.293 e. The fourth-order valence-corrected chi connectivity index (χ4v) is 4.69. The molecule has 1 amide bonds. The van der Waals surface area contributed by atoms with E-state index in [2.05, 4.69) is 15.6 Å². The van der Waals surface area contributed by atoms with Crippen LogP contribution in [0.3, 0.4) is 0 Å². The first-order chi connectivity index (χ1) is 14.4. The summed E-state index contributed by atoms with van der Waals surface area (Å²) >= 11 is 12.5. The number of benzene rings is 2. The fraction of sp³-hybridized carbons (Fsp3) is 0.211. The Kier molecular flexibility index (Phi) is 5.80. The average Bonchev–Trinajstić information content (AvgIpc) is 3.36. The van der Waals surface area contributed by atoms with Gasteiger partial charge >= 0.3 is 0 Å². The van der Waals surface area contributed by atoms with Crippen LogP contribution < -0.4 is 15.5 Å². The Morgan fingerprint density at radius 2 is 2.00 bits per heavy atom. The summed E-state index contributed by atoms with van der Waals surface area (Å²) < 4.78 is 0.882. The molecule has 0 unspecified atom stereocenters. The van der Waals surface area contributed by atoms with Gasteiger partial charge in [0.05, 0.1) is 15.1 Å². The zero-order valence-corrected chi connectivity index (χ0v) is 17.9. The number of fused-ring (bicyclic) bond motifs is 1. The number of rotatable bonds is 4. The molecule has 30 heavy (non-hydrogen) atoms. The molecule has 0 atom stereocenters. The van der Waals surface area contributed by atoms with E-state index in [9.17, 15) is 14.9 Å². The molecule has 8 nitrogen and oxygen atoms in total. The number of carbonyl (C=O) groups is 1. The van der Waals surface area contributed by atoms with Gasteiger partial charge < -0.3 is 10.2 Å². The van der Waals surface area contributed by atoms with Gasteiger partial charge in [-0.3, -0.25) is 20.2 Å². The Morgan fingerprint density at radius 3 is 2.73 bits per heavy atom. The summed E-state index contributed by atoms with van der Waals surface area (Å²) in [4.78, 5) is 30.0. The minimum atomic E-state index is -0.535. The number of nitro benzene ring substituents is 1. The minimum Gasteiger partial charge on any atom is -0.366 e. The lowest BCUT2D eigenvalue weighted by Gasteiger charge is -2.17. The van der Waals surface area contributed by atoms with Crippen LogP contribution in [0.4, 0.5) is 16.5 Å². The van der Waals surface area contributed by atoms with E-state index in [0.29, 0.717) is 15.8 Å². The van der Waals surface area contributed by atoms with Crippen molar-refractivity contribution in [2.24, 2.45) is 0 Å². The predicted molar refractivity (Wildman–Crippen MR) is 123 cm³/mol. The van der Waals surface area contributed by atoms with E-state index in [4.69, 9.17) is 23.8 Å². The van der Waals surface area contributed by atoms with E-state index in [0.717, 1.165) is 36.1 Å². The van der Waals surface area contributed by atoms with Crippen LogP contribution in [0.1, 0.15) is 23.2 Å². The number of halogens is 1. The molecule has 1 aliphatic rings.